The standard InChI is InChI=1S/C17H35NO/c1-8-17(7)15(10-16(17)19-9-2)18-11-14(12(3)4)13(5)6/h12-16,18H,8-11H2,1-7H3. The highest BCUT2D eigenvalue weighted by Crippen LogP contribution is 2.46. The average molecular weight is 269 g/mol. The van der Waals surface area contributed by atoms with E-state index in [9.17, 15) is 0 Å². The van der Waals surface area contributed by atoms with Gasteiger partial charge in [0.05, 0.1) is 6.10 Å². The first kappa shape index (κ1) is 17.0. The van der Waals surface area contributed by atoms with E-state index in [-0.39, 0.29) is 0 Å². The first-order valence-electron chi connectivity index (χ1n) is 8.21. The predicted octanol–water partition coefficient (Wildman–Crippen LogP) is 4.10. The first-order valence-corrected chi connectivity index (χ1v) is 8.21. The zero-order valence-corrected chi connectivity index (χ0v) is 14.1. The normalized spacial score (nSPS) is 31.3. The maximum absolute atomic E-state index is 5.88. The van der Waals surface area contributed by atoms with Gasteiger partial charge >= 0.3 is 0 Å². The molecule has 0 saturated heterocycles. The summed E-state index contributed by atoms with van der Waals surface area (Å²) in [5.74, 6) is 2.28. The van der Waals surface area contributed by atoms with Gasteiger partial charge in [-0.3, -0.25) is 0 Å². The number of hydrogen-bond acceptors (Lipinski definition) is 2. The molecule has 1 rings (SSSR count). The molecule has 3 atom stereocenters. The Kier molecular flexibility index (Phi) is 6.32. The molecule has 0 bridgehead atoms. The molecule has 2 heteroatoms. The first-order chi connectivity index (χ1) is 8.86. The molecule has 1 aliphatic carbocycles. The third-order valence-corrected chi connectivity index (χ3v) is 5.42. The third kappa shape index (κ3) is 3.72. The van der Waals surface area contributed by atoms with Crippen LogP contribution in [0.3, 0.4) is 0 Å². The molecule has 3 unspecified atom stereocenters. The van der Waals surface area contributed by atoms with Crippen molar-refractivity contribution in [2.45, 2.75) is 73.5 Å². The van der Waals surface area contributed by atoms with Crippen LogP contribution in [0.15, 0.2) is 0 Å². The fourth-order valence-electron chi connectivity index (χ4n) is 3.59. The lowest BCUT2D eigenvalue weighted by Crippen LogP contribution is -2.62. The smallest absolute Gasteiger partial charge is 0.0658 e. The highest BCUT2D eigenvalue weighted by molar-refractivity contribution is 5.04. The van der Waals surface area contributed by atoms with E-state index in [0.29, 0.717) is 17.6 Å². The molecule has 19 heavy (non-hydrogen) atoms. The minimum absolute atomic E-state index is 0.328. The Hall–Kier alpha value is -0.0800. The van der Waals surface area contributed by atoms with Crippen LogP contribution >= 0.6 is 0 Å². The average Bonchev–Trinajstić information content (AvgIpc) is 2.34. The maximum atomic E-state index is 5.88. The molecule has 1 saturated carbocycles. The van der Waals surface area contributed by atoms with E-state index < -0.39 is 0 Å². The Bertz CT molecular complexity index is 256. The number of rotatable bonds is 8. The van der Waals surface area contributed by atoms with Gasteiger partial charge in [0.15, 0.2) is 0 Å². The zero-order valence-electron chi connectivity index (χ0n) is 14.1. The van der Waals surface area contributed by atoms with Crippen molar-refractivity contribution in [2.24, 2.45) is 23.2 Å². The van der Waals surface area contributed by atoms with Crippen molar-refractivity contribution in [1.82, 2.24) is 5.32 Å². The van der Waals surface area contributed by atoms with E-state index in [1.54, 1.807) is 0 Å². The van der Waals surface area contributed by atoms with Crippen molar-refractivity contribution >= 4 is 0 Å². The van der Waals surface area contributed by atoms with Gasteiger partial charge in [-0.25, -0.2) is 0 Å². The summed E-state index contributed by atoms with van der Waals surface area (Å²) in [5.41, 5.74) is 0.328. The molecule has 0 heterocycles. The van der Waals surface area contributed by atoms with Crippen molar-refractivity contribution in [3.05, 3.63) is 0 Å². The maximum Gasteiger partial charge on any atom is 0.0658 e. The van der Waals surface area contributed by atoms with Crippen LogP contribution in [0.4, 0.5) is 0 Å². The minimum Gasteiger partial charge on any atom is -0.378 e. The van der Waals surface area contributed by atoms with Gasteiger partial charge in [0.2, 0.25) is 0 Å². The molecule has 1 fully saturated rings. The van der Waals surface area contributed by atoms with Crippen LogP contribution < -0.4 is 5.32 Å². The van der Waals surface area contributed by atoms with Crippen LogP contribution in [0, 0.1) is 23.2 Å². The molecule has 0 aliphatic heterocycles. The lowest BCUT2D eigenvalue weighted by Gasteiger charge is -2.54. The summed E-state index contributed by atoms with van der Waals surface area (Å²) in [6.07, 6.45) is 2.83. The summed E-state index contributed by atoms with van der Waals surface area (Å²) in [7, 11) is 0. The van der Waals surface area contributed by atoms with Crippen molar-refractivity contribution in [3.8, 4) is 0 Å². The lowest BCUT2D eigenvalue weighted by atomic mass is 9.61. The molecule has 1 aliphatic rings. The summed E-state index contributed by atoms with van der Waals surface area (Å²) in [4.78, 5) is 0. The van der Waals surface area contributed by atoms with Crippen LogP contribution in [-0.4, -0.2) is 25.3 Å². The van der Waals surface area contributed by atoms with Gasteiger partial charge < -0.3 is 10.1 Å². The van der Waals surface area contributed by atoms with Crippen molar-refractivity contribution in [2.75, 3.05) is 13.2 Å². The summed E-state index contributed by atoms with van der Waals surface area (Å²) < 4.78 is 5.88. The Morgan fingerprint density at radius 2 is 1.74 bits per heavy atom. The van der Waals surface area contributed by atoms with Gasteiger partial charge in [0, 0.05) is 18.1 Å². The molecule has 0 aromatic heterocycles. The fraction of sp³-hybridized carbons (Fsp3) is 1.00. The minimum atomic E-state index is 0.328. The van der Waals surface area contributed by atoms with Gasteiger partial charge in [0.25, 0.3) is 0 Å². The second kappa shape index (κ2) is 7.08. The summed E-state index contributed by atoms with van der Waals surface area (Å²) in [6, 6.07) is 0.633. The second-order valence-corrected chi connectivity index (χ2v) is 7.15. The van der Waals surface area contributed by atoms with Crippen molar-refractivity contribution in [1.29, 1.82) is 0 Å². The molecular formula is C17H35NO. The predicted molar refractivity (Wildman–Crippen MR) is 83.4 cm³/mol. The van der Waals surface area contributed by atoms with Gasteiger partial charge in [0.1, 0.15) is 0 Å². The molecule has 0 radical (unpaired) electrons. The highest BCUT2D eigenvalue weighted by atomic mass is 16.5. The van der Waals surface area contributed by atoms with E-state index in [1.807, 2.05) is 0 Å². The Balaban J connectivity index is 2.50. The van der Waals surface area contributed by atoms with Gasteiger partial charge in [-0.2, -0.15) is 0 Å². The number of hydrogen-bond donors (Lipinski definition) is 1. The van der Waals surface area contributed by atoms with Crippen LogP contribution in [0.2, 0.25) is 0 Å². The Morgan fingerprint density at radius 1 is 1.16 bits per heavy atom. The SMILES string of the molecule is CCOC1CC(NCC(C(C)C)C(C)C)C1(C)CC. The summed E-state index contributed by atoms with van der Waals surface area (Å²) in [5, 5.41) is 3.83. The molecule has 0 aromatic rings. The lowest BCUT2D eigenvalue weighted by molar-refractivity contribution is -0.126. The second-order valence-electron chi connectivity index (χ2n) is 7.15. The molecular weight excluding hydrogens is 234 g/mol. The van der Waals surface area contributed by atoms with Crippen molar-refractivity contribution in [3.63, 3.8) is 0 Å². The van der Waals surface area contributed by atoms with E-state index in [0.717, 1.165) is 30.9 Å². The van der Waals surface area contributed by atoms with Gasteiger partial charge in [-0.1, -0.05) is 41.5 Å². The number of nitrogens with one attached hydrogen (secondary N) is 1. The van der Waals surface area contributed by atoms with Crippen LogP contribution in [0.1, 0.15) is 61.3 Å². The highest BCUT2D eigenvalue weighted by Gasteiger charge is 2.50. The largest absolute Gasteiger partial charge is 0.378 e. The van der Waals surface area contributed by atoms with E-state index in [2.05, 4.69) is 53.8 Å². The van der Waals surface area contributed by atoms with E-state index >= 15 is 0 Å². The van der Waals surface area contributed by atoms with Crippen molar-refractivity contribution < 1.29 is 4.74 Å². The van der Waals surface area contributed by atoms with Crippen LogP contribution in [0.5, 0.6) is 0 Å². The van der Waals surface area contributed by atoms with Gasteiger partial charge in [-0.15, -0.1) is 0 Å². The summed E-state index contributed by atoms with van der Waals surface area (Å²) in [6.45, 7) is 18.1. The third-order valence-electron chi connectivity index (χ3n) is 5.42. The molecule has 0 amide bonds. The van der Waals surface area contributed by atoms with Crippen LogP contribution in [-0.2, 0) is 4.74 Å². The topological polar surface area (TPSA) is 21.3 Å². The number of ether oxygens (including phenoxy) is 1. The monoisotopic (exact) mass is 269 g/mol. The fourth-order valence-corrected chi connectivity index (χ4v) is 3.59. The Labute approximate surface area is 120 Å². The summed E-state index contributed by atoms with van der Waals surface area (Å²) >= 11 is 0. The van der Waals surface area contributed by atoms with E-state index in [4.69, 9.17) is 4.74 Å². The van der Waals surface area contributed by atoms with Crippen LogP contribution in [0.25, 0.3) is 0 Å². The molecule has 0 spiro atoms. The quantitative estimate of drug-likeness (QED) is 0.716. The van der Waals surface area contributed by atoms with E-state index in [1.165, 1.54) is 12.8 Å². The molecule has 2 nitrogen and oxygen atoms in total. The Morgan fingerprint density at radius 3 is 2.16 bits per heavy atom. The van der Waals surface area contributed by atoms with Gasteiger partial charge in [-0.05, 0) is 44.1 Å². The molecule has 114 valence electrons. The molecule has 0 aromatic carbocycles. The molecule has 1 N–H and O–H groups in total. The zero-order chi connectivity index (χ0) is 14.6.